The Morgan fingerprint density at radius 2 is 2.09 bits per heavy atom. The lowest BCUT2D eigenvalue weighted by atomic mass is 9.85. The molecule has 22 heavy (non-hydrogen) atoms. The Bertz CT molecular complexity index is 639. The first-order valence-electron chi connectivity index (χ1n) is 7.14. The molecule has 2 unspecified atom stereocenters. The van der Waals surface area contributed by atoms with E-state index >= 15 is 0 Å². The average molecular weight is 395 g/mol. The topological polar surface area (TPSA) is 81.4 Å². The fraction of sp³-hybridized carbons (Fsp3) is 0.571. The number of benzene rings is 1. The van der Waals surface area contributed by atoms with Crippen LogP contribution in [0, 0.1) is 11.7 Å². The molecule has 2 rings (SSSR count). The number of hydrogen-bond acceptors (Lipinski definition) is 4. The molecule has 124 valence electrons. The van der Waals surface area contributed by atoms with E-state index in [9.17, 15) is 12.8 Å². The third kappa shape index (κ3) is 3.79. The second kappa shape index (κ2) is 7.25. The normalized spacial score (nSPS) is 22.5. The Balaban J connectivity index is 2.32. The van der Waals surface area contributed by atoms with E-state index < -0.39 is 15.8 Å². The van der Waals surface area contributed by atoms with Crippen molar-refractivity contribution < 1.29 is 17.5 Å². The Hall–Kier alpha value is -0.700. The van der Waals surface area contributed by atoms with E-state index in [1.807, 2.05) is 0 Å². The van der Waals surface area contributed by atoms with Gasteiger partial charge in [-0.25, -0.2) is 17.5 Å². The first-order valence-corrected chi connectivity index (χ1v) is 9.42. The van der Waals surface area contributed by atoms with Crippen LogP contribution < -0.4 is 15.2 Å². The zero-order valence-corrected chi connectivity index (χ0v) is 14.7. The van der Waals surface area contributed by atoms with Crippen LogP contribution in [0.15, 0.2) is 21.5 Å². The monoisotopic (exact) mass is 394 g/mol. The molecule has 0 bridgehead atoms. The van der Waals surface area contributed by atoms with Gasteiger partial charge in [0.1, 0.15) is 16.5 Å². The lowest BCUT2D eigenvalue weighted by Crippen LogP contribution is -2.44. The van der Waals surface area contributed by atoms with Gasteiger partial charge in [-0.15, -0.1) is 0 Å². The van der Waals surface area contributed by atoms with E-state index in [4.69, 9.17) is 10.5 Å². The Kier molecular flexibility index (Phi) is 5.81. The first-order chi connectivity index (χ1) is 10.4. The van der Waals surface area contributed by atoms with Crippen molar-refractivity contribution in [1.29, 1.82) is 0 Å². The molecule has 1 aliphatic rings. The molecule has 1 aromatic carbocycles. The van der Waals surface area contributed by atoms with E-state index in [1.165, 1.54) is 13.2 Å². The summed E-state index contributed by atoms with van der Waals surface area (Å²) in [5.74, 6) is -0.448. The zero-order chi connectivity index (χ0) is 16.3. The quantitative estimate of drug-likeness (QED) is 0.802. The summed E-state index contributed by atoms with van der Waals surface area (Å²) < 4.78 is 46.8. The fourth-order valence-corrected chi connectivity index (χ4v) is 4.61. The molecule has 0 aliphatic heterocycles. The minimum absolute atomic E-state index is 0.0980. The Morgan fingerprint density at radius 3 is 2.73 bits per heavy atom. The third-order valence-electron chi connectivity index (χ3n) is 4.01. The predicted octanol–water partition coefficient (Wildman–Crippen LogP) is 2.39. The maximum absolute atomic E-state index is 13.7. The molecule has 1 aliphatic carbocycles. The standard InChI is InChI=1S/C14H20BrFN2O3S/c1-21-13-6-10(15)11(16)7-14(13)22(19,20)18-12-5-3-2-4-9(12)8-17/h6-7,9,12,18H,2-5,8,17H2,1H3. The third-order valence-corrected chi connectivity index (χ3v) is 6.13. The molecule has 0 spiro atoms. The summed E-state index contributed by atoms with van der Waals surface area (Å²) in [6.07, 6.45) is 3.64. The van der Waals surface area contributed by atoms with E-state index in [-0.39, 0.29) is 27.1 Å². The SMILES string of the molecule is COc1cc(Br)c(F)cc1S(=O)(=O)NC1CCCCC1CN. The molecule has 0 aromatic heterocycles. The molecule has 3 N–H and O–H groups in total. The van der Waals surface area contributed by atoms with Gasteiger partial charge >= 0.3 is 0 Å². The summed E-state index contributed by atoms with van der Waals surface area (Å²) >= 11 is 3.02. The molecule has 1 fully saturated rings. The molecular formula is C14H20BrFN2O3S. The van der Waals surface area contributed by atoms with Crippen LogP contribution in [0.2, 0.25) is 0 Å². The summed E-state index contributed by atoms with van der Waals surface area (Å²) in [4.78, 5) is -0.197. The van der Waals surface area contributed by atoms with Crippen LogP contribution in [0.25, 0.3) is 0 Å². The van der Waals surface area contributed by atoms with Crippen molar-refractivity contribution in [2.45, 2.75) is 36.6 Å². The van der Waals surface area contributed by atoms with Gasteiger partial charge in [0.25, 0.3) is 0 Å². The van der Waals surface area contributed by atoms with Crippen LogP contribution in [-0.4, -0.2) is 28.1 Å². The number of nitrogens with two attached hydrogens (primary N) is 1. The highest BCUT2D eigenvalue weighted by Crippen LogP contribution is 2.31. The molecule has 1 saturated carbocycles. The fourth-order valence-electron chi connectivity index (χ4n) is 2.79. The van der Waals surface area contributed by atoms with Crippen molar-refractivity contribution in [3.8, 4) is 5.75 Å². The Morgan fingerprint density at radius 1 is 1.41 bits per heavy atom. The smallest absolute Gasteiger partial charge is 0.244 e. The number of sulfonamides is 1. The summed E-state index contributed by atoms with van der Waals surface area (Å²) in [6.45, 7) is 0.430. The highest BCUT2D eigenvalue weighted by atomic mass is 79.9. The van der Waals surface area contributed by atoms with Gasteiger partial charge in [0.2, 0.25) is 10.0 Å². The van der Waals surface area contributed by atoms with Gasteiger partial charge in [-0.1, -0.05) is 12.8 Å². The minimum Gasteiger partial charge on any atom is -0.495 e. The van der Waals surface area contributed by atoms with Crippen LogP contribution in [0.1, 0.15) is 25.7 Å². The van der Waals surface area contributed by atoms with Crippen molar-refractivity contribution in [2.75, 3.05) is 13.7 Å². The van der Waals surface area contributed by atoms with E-state index in [0.717, 1.165) is 31.7 Å². The molecule has 5 nitrogen and oxygen atoms in total. The lowest BCUT2D eigenvalue weighted by Gasteiger charge is -2.31. The number of ether oxygens (including phenoxy) is 1. The number of rotatable bonds is 5. The van der Waals surface area contributed by atoms with Crippen LogP contribution >= 0.6 is 15.9 Å². The van der Waals surface area contributed by atoms with Crippen LogP contribution in [-0.2, 0) is 10.0 Å². The van der Waals surface area contributed by atoms with Gasteiger partial charge in [0.05, 0.1) is 11.6 Å². The van der Waals surface area contributed by atoms with Gasteiger partial charge in [-0.3, -0.25) is 0 Å². The summed E-state index contributed by atoms with van der Waals surface area (Å²) in [5, 5.41) is 0. The molecule has 0 heterocycles. The largest absolute Gasteiger partial charge is 0.495 e. The van der Waals surface area contributed by atoms with Gasteiger partial charge in [0, 0.05) is 6.04 Å². The predicted molar refractivity (Wildman–Crippen MR) is 85.8 cm³/mol. The van der Waals surface area contributed by atoms with Crippen molar-refractivity contribution in [3.05, 3.63) is 22.4 Å². The molecule has 1 aromatic rings. The summed E-state index contributed by atoms with van der Waals surface area (Å²) in [5.41, 5.74) is 5.73. The molecule has 0 amide bonds. The highest BCUT2D eigenvalue weighted by molar-refractivity contribution is 9.10. The number of halogens is 2. The van der Waals surface area contributed by atoms with Crippen LogP contribution in [0.4, 0.5) is 4.39 Å². The van der Waals surface area contributed by atoms with Crippen molar-refractivity contribution in [3.63, 3.8) is 0 Å². The second-order valence-corrected chi connectivity index (χ2v) is 7.96. The van der Waals surface area contributed by atoms with Gasteiger partial charge in [-0.05, 0) is 53.4 Å². The van der Waals surface area contributed by atoms with Crippen molar-refractivity contribution >= 4 is 26.0 Å². The van der Waals surface area contributed by atoms with E-state index in [2.05, 4.69) is 20.7 Å². The first kappa shape index (κ1) is 17.7. The molecule has 0 radical (unpaired) electrons. The number of nitrogens with one attached hydrogen (secondary N) is 1. The van der Waals surface area contributed by atoms with E-state index in [1.54, 1.807) is 0 Å². The number of methoxy groups -OCH3 is 1. The number of hydrogen-bond donors (Lipinski definition) is 2. The molecule has 8 heteroatoms. The minimum atomic E-state index is -3.88. The second-order valence-electron chi connectivity index (χ2n) is 5.43. The highest BCUT2D eigenvalue weighted by Gasteiger charge is 2.30. The maximum atomic E-state index is 13.7. The summed E-state index contributed by atoms with van der Waals surface area (Å²) in [7, 11) is -2.53. The molecule has 2 atom stereocenters. The lowest BCUT2D eigenvalue weighted by molar-refractivity contribution is 0.295. The van der Waals surface area contributed by atoms with Gasteiger partial charge in [0.15, 0.2) is 0 Å². The van der Waals surface area contributed by atoms with E-state index in [0.29, 0.717) is 6.54 Å². The zero-order valence-electron chi connectivity index (χ0n) is 12.3. The average Bonchev–Trinajstić information content (AvgIpc) is 2.49. The van der Waals surface area contributed by atoms with Gasteiger partial charge < -0.3 is 10.5 Å². The summed E-state index contributed by atoms with van der Waals surface area (Å²) in [6, 6.07) is 2.05. The van der Waals surface area contributed by atoms with Crippen molar-refractivity contribution in [2.24, 2.45) is 11.7 Å². The van der Waals surface area contributed by atoms with Gasteiger partial charge in [-0.2, -0.15) is 0 Å². The molecule has 0 saturated heterocycles. The van der Waals surface area contributed by atoms with Crippen molar-refractivity contribution in [1.82, 2.24) is 4.72 Å². The van der Waals surface area contributed by atoms with Crippen LogP contribution in [0.5, 0.6) is 5.75 Å². The maximum Gasteiger partial charge on any atom is 0.244 e. The van der Waals surface area contributed by atoms with Crippen LogP contribution in [0.3, 0.4) is 0 Å². The Labute approximate surface area is 138 Å². The molecular weight excluding hydrogens is 375 g/mol.